The van der Waals surface area contributed by atoms with Crippen LogP contribution >= 0.6 is 12.4 Å². The van der Waals surface area contributed by atoms with Crippen molar-refractivity contribution < 1.29 is 0 Å². The zero-order valence-corrected chi connectivity index (χ0v) is 14.7. The summed E-state index contributed by atoms with van der Waals surface area (Å²) in [5, 5.41) is 3.52. The molecule has 1 aliphatic carbocycles. The van der Waals surface area contributed by atoms with Gasteiger partial charge in [0.15, 0.2) is 0 Å². The van der Waals surface area contributed by atoms with E-state index in [1.54, 1.807) is 0 Å². The second kappa shape index (κ2) is 6.27. The maximum Gasteiger partial charge on any atom is 0.0611 e. The topological polar surface area (TPSA) is 15.3 Å². The maximum absolute atomic E-state index is 3.52. The molecule has 2 aliphatic rings. The second-order valence-corrected chi connectivity index (χ2v) is 7.23. The van der Waals surface area contributed by atoms with Gasteiger partial charge in [0.25, 0.3) is 0 Å². The third-order valence-electron chi connectivity index (χ3n) is 5.33. The molecule has 1 unspecified atom stereocenters. The first-order valence-corrected chi connectivity index (χ1v) is 8.27. The molecule has 1 fully saturated rings. The van der Waals surface area contributed by atoms with Crippen LogP contribution in [-0.2, 0) is 0 Å². The number of rotatable bonds is 3. The van der Waals surface area contributed by atoms with Gasteiger partial charge < -0.3 is 5.32 Å². The molecule has 2 aromatic carbocycles. The van der Waals surface area contributed by atoms with Crippen LogP contribution in [0.3, 0.4) is 0 Å². The van der Waals surface area contributed by atoms with Crippen molar-refractivity contribution in [1.29, 1.82) is 0 Å². The van der Waals surface area contributed by atoms with Gasteiger partial charge in [0.2, 0.25) is 0 Å². The average Bonchev–Trinajstić information content (AvgIpc) is 3.09. The number of hydrogen-bond acceptors (Lipinski definition) is 2. The zero-order chi connectivity index (χ0) is 15.2. The SMILES string of the molecule is CN(CC1(C)CCNC1)C1c2ccccc2-c2ccccc21.Cl. The molecule has 122 valence electrons. The first kappa shape index (κ1) is 16.5. The Morgan fingerprint density at radius 3 is 2.13 bits per heavy atom. The summed E-state index contributed by atoms with van der Waals surface area (Å²) in [7, 11) is 2.28. The number of benzene rings is 2. The van der Waals surface area contributed by atoms with Crippen molar-refractivity contribution in [3.63, 3.8) is 0 Å². The molecule has 3 heteroatoms. The minimum Gasteiger partial charge on any atom is -0.316 e. The Bertz CT molecular complexity index is 646. The highest BCUT2D eigenvalue weighted by molar-refractivity contribution is 5.85. The third kappa shape index (κ3) is 2.80. The van der Waals surface area contributed by atoms with Gasteiger partial charge in [-0.3, -0.25) is 4.90 Å². The van der Waals surface area contributed by atoms with Gasteiger partial charge in [-0.15, -0.1) is 12.4 Å². The molecule has 2 nitrogen and oxygen atoms in total. The van der Waals surface area contributed by atoms with Crippen molar-refractivity contribution in [3.8, 4) is 11.1 Å². The van der Waals surface area contributed by atoms with Gasteiger partial charge in [0.05, 0.1) is 6.04 Å². The molecule has 1 atom stereocenters. The minimum absolute atomic E-state index is 0. The van der Waals surface area contributed by atoms with Crippen LogP contribution in [0.1, 0.15) is 30.5 Å². The average molecular weight is 329 g/mol. The Labute approximate surface area is 145 Å². The van der Waals surface area contributed by atoms with Gasteiger partial charge in [-0.25, -0.2) is 0 Å². The van der Waals surface area contributed by atoms with Crippen molar-refractivity contribution in [1.82, 2.24) is 10.2 Å². The molecule has 0 spiro atoms. The molecule has 0 radical (unpaired) electrons. The van der Waals surface area contributed by atoms with Crippen LogP contribution in [0.2, 0.25) is 0 Å². The highest BCUT2D eigenvalue weighted by atomic mass is 35.5. The molecule has 0 amide bonds. The first-order valence-electron chi connectivity index (χ1n) is 8.27. The molecule has 1 N–H and O–H groups in total. The van der Waals surface area contributed by atoms with E-state index in [0.29, 0.717) is 11.5 Å². The van der Waals surface area contributed by atoms with Gasteiger partial charge in [-0.2, -0.15) is 0 Å². The summed E-state index contributed by atoms with van der Waals surface area (Å²) in [5.41, 5.74) is 6.12. The third-order valence-corrected chi connectivity index (χ3v) is 5.33. The normalized spacial score (nSPS) is 22.7. The monoisotopic (exact) mass is 328 g/mol. The number of nitrogens with one attached hydrogen (secondary N) is 1. The Hall–Kier alpha value is -1.35. The van der Waals surface area contributed by atoms with E-state index >= 15 is 0 Å². The molecule has 23 heavy (non-hydrogen) atoms. The summed E-state index contributed by atoms with van der Waals surface area (Å²) >= 11 is 0. The van der Waals surface area contributed by atoms with Gasteiger partial charge in [-0.05, 0) is 47.7 Å². The number of halogens is 1. The molecule has 0 bridgehead atoms. The van der Waals surface area contributed by atoms with Gasteiger partial charge >= 0.3 is 0 Å². The van der Waals surface area contributed by atoms with E-state index in [0.717, 1.165) is 19.6 Å². The molecule has 1 aliphatic heterocycles. The van der Waals surface area contributed by atoms with E-state index in [9.17, 15) is 0 Å². The summed E-state index contributed by atoms with van der Waals surface area (Å²) in [4.78, 5) is 2.55. The van der Waals surface area contributed by atoms with Crippen LogP contribution in [0.25, 0.3) is 11.1 Å². The van der Waals surface area contributed by atoms with E-state index < -0.39 is 0 Å². The molecule has 0 aromatic heterocycles. The fourth-order valence-electron chi connectivity index (χ4n) is 4.30. The van der Waals surface area contributed by atoms with E-state index in [4.69, 9.17) is 0 Å². The smallest absolute Gasteiger partial charge is 0.0611 e. The molecule has 4 rings (SSSR count). The van der Waals surface area contributed by atoms with Crippen LogP contribution in [0.4, 0.5) is 0 Å². The van der Waals surface area contributed by atoms with E-state index in [-0.39, 0.29) is 12.4 Å². The summed E-state index contributed by atoms with van der Waals surface area (Å²) in [6, 6.07) is 18.2. The Morgan fingerprint density at radius 1 is 1.04 bits per heavy atom. The van der Waals surface area contributed by atoms with Crippen LogP contribution in [0.15, 0.2) is 48.5 Å². The standard InChI is InChI=1S/C20H24N2.ClH/c1-20(11-12-21-13-20)14-22(2)19-17-9-5-3-7-15(17)16-8-4-6-10-18(16)19;/h3-10,19,21H,11-14H2,1-2H3;1H. The summed E-state index contributed by atoms with van der Waals surface area (Å²) in [6.07, 6.45) is 1.27. The van der Waals surface area contributed by atoms with E-state index in [2.05, 4.69) is 72.7 Å². The van der Waals surface area contributed by atoms with E-state index in [1.165, 1.54) is 28.7 Å². The lowest BCUT2D eigenvalue weighted by Crippen LogP contribution is -2.37. The van der Waals surface area contributed by atoms with Crippen molar-refractivity contribution in [2.75, 3.05) is 26.7 Å². The Balaban J connectivity index is 0.00000156. The first-order chi connectivity index (χ1) is 10.7. The molecule has 2 aromatic rings. The highest BCUT2D eigenvalue weighted by Crippen LogP contribution is 2.46. The van der Waals surface area contributed by atoms with Crippen LogP contribution < -0.4 is 5.32 Å². The quantitative estimate of drug-likeness (QED) is 0.912. The van der Waals surface area contributed by atoms with Crippen molar-refractivity contribution in [3.05, 3.63) is 59.7 Å². The lowest BCUT2D eigenvalue weighted by Gasteiger charge is -2.34. The van der Waals surface area contributed by atoms with Crippen LogP contribution in [0.5, 0.6) is 0 Å². The van der Waals surface area contributed by atoms with Crippen LogP contribution in [0, 0.1) is 5.41 Å². The fourth-order valence-corrected chi connectivity index (χ4v) is 4.30. The molecular weight excluding hydrogens is 304 g/mol. The van der Waals surface area contributed by atoms with Crippen molar-refractivity contribution in [2.24, 2.45) is 5.41 Å². The zero-order valence-electron chi connectivity index (χ0n) is 13.9. The highest BCUT2D eigenvalue weighted by Gasteiger charge is 2.36. The van der Waals surface area contributed by atoms with Gasteiger partial charge in [0, 0.05) is 13.1 Å². The summed E-state index contributed by atoms with van der Waals surface area (Å²) < 4.78 is 0. The minimum atomic E-state index is 0. The predicted molar refractivity (Wildman–Crippen MR) is 99.2 cm³/mol. The lowest BCUT2D eigenvalue weighted by molar-refractivity contribution is 0.181. The van der Waals surface area contributed by atoms with Crippen LogP contribution in [-0.4, -0.2) is 31.6 Å². The van der Waals surface area contributed by atoms with Gasteiger partial charge in [0.1, 0.15) is 0 Å². The fraction of sp³-hybridized carbons (Fsp3) is 0.400. The summed E-state index contributed by atoms with van der Waals surface area (Å²) in [5.74, 6) is 0. The maximum atomic E-state index is 3.52. The van der Waals surface area contributed by atoms with Gasteiger partial charge in [-0.1, -0.05) is 55.5 Å². The second-order valence-electron chi connectivity index (χ2n) is 7.23. The Morgan fingerprint density at radius 2 is 1.61 bits per heavy atom. The number of hydrogen-bond donors (Lipinski definition) is 1. The van der Waals surface area contributed by atoms with E-state index in [1.807, 2.05) is 0 Å². The summed E-state index contributed by atoms with van der Waals surface area (Å²) in [6.45, 7) is 5.83. The Kier molecular flexibility index (Phi) is 4.50. The predicted octanol–water partition coefficient (Wildman–Crippen LogP) is 4.11. The molecule has 1 saturated heterocycles. The number of nitrogens with zero attached hydrogens (tertiary/aromatic N) is 1. The van der Waals surface area contributed by atoms with Crippen molar-refractivity contribution >= 4 is 12.4 Å². The molecule has 1 heterocycles. The molecule has 0 saturated carbocycles. The lowest BCUT2D eigenvalue weighted by atomic mass is 9.88. The number of fused-ring (bicyclic) bond motifs is 3. The largest absolute Gasteiger partial charge is 0.316 e. The molecular formula is C20H25ClN2. The van der Waals surface area contributed by atoms with Crippen molar-refractivity contribution in [2.45, 2.75) is 19.4 Å².